The van der Waals surface area contributed by atoms with E-state index in [0.29, 0.717) is 5.92 Å². The molecule has 2 fully saturated rings. The molecule has 1 N–H and O–H groups in total. The van der Waals surface area contributed by atoms with Crippen molar-refractivity contribution in [2.24, 2.45) is 0 Å². The average molecular weight is 373 g/mol. The Morgan fingerprint density at radius 2 is 1.92 bits per heavy atom. The molecule has 2 aromatic rings. The number of carbonyl (C=O) groups excluding carboxylic acids is 1. The van der Waals surface area contributed by atoms with E-state index in [2.05, 4.69) is 5.32 Å². The van der Waals surface area contributed by atoms with E-state index in [0.717, 1.165) is 78.3 Å². The minimum Gasteiger partial charge on any atom is -0.338 e. The zero-order chi connectivity index (χ0) is 18.1. The molecule has 0 bridgehead atoms. The van der Waals surface area contributed by atoms with E-state index in [1.807, 2.05) is 30.0 Å². The number of halogens is 1. The quantitative estimate of drug-likeness (QED) is 0.856. The van der Waals surface area contributed by atoms with Crippen LogP contribution in [0, 0.1) is 12.7 Å². The van der Waals surface area contributed by atoms with E-state index in [4.69, 9.17) is 0 Å². The molecule has 0 saturated carbocycles. The summed E-state index contributed by atoms with van der Waals surface area (Å²) >= 11 is 1.49. The Bertz CT molecular complexity index is 804. The van der Waals surface area contributed by atoms with Crippen LogP contribution in [0.2, 0.25) is 0 Å². The summed E-state index contributed by atoms with van der Waals surface area (Å²) < 4.78 is 14.7. The molecule has 4 rings (SSSR count). The van der Waals surface area contributed by atoms with Crippen molar-refractivity contribution in [1.29, 1.82) is 0 Å². The summed E-state index contributed by atoms with van der Waals surface area (Å²) in [5, 5.41) is 3.33. The number of carbonyl (C=O) groups is 1. The highest BCUT2D eigenvalue weighted by Gasteiger charge is 2.24. The lowest BCUT2D eigenvalue weighted by Gasteiger charge is -2.23. The van der Waals surface area contributed by atoms with Crippen LogP contribution in [0.1, 0.15) is 52.4 Å². The van der Waals surface area contributed by atoms with Gasteiger partial charge >= 0.3 is 0 Å². The van der Waals surface area contributed by atoms with Gasteiger partial charge in [0.2, 0.25) is 0 Å². The second-order valence-electron chi connectivity index (χ2n) is 7.38. The molecule has 1 aromatic carbocycles. The van der Waals surface area contributed by atoms with Crippen LogP contribution < -0.4 is 5.32 Å². The van der Waals surface area contributed by atoms with Gasteiger partial charge in [0.15, 0.2) is 0 Å². The third-order valence-corrected chi connectivity index (χ3v) is 6.84. The van der Waals surface area contributed by atoms with Crippen LogP contribution in [0.15, 0.2) is 24.3 Å². The second-order valence-corrected chi connectivity index (χ2v) is 8.43. The Balaban J connectivity index is 1.58. The first-order chi connectivity index (χ1) is 12.6. The number of likely N-dealkylation sites (tertiary alicyclic amines) is 1. The summed E-state index contributed by atoms with van der Waals surface area (Å²) in [6.45, 7) is 5.59. The van der Waals surface area contributed by atoms with Gasteiger partial charge in [-0.3, -0.25) is 4.79 Å². The molecule has 26 heavy (non-hydrogen) atoms. The maximum Gasteiger partial charge on any atom is 0.264 e. The molecule has 2 saturated heterocycles. The summed E-state index contributed by atoms with van der Waals surface area (Å²) in [6.07, 6.45) is 4.16. The van der Waals surface area contributed by atoms with Crippen molar-refractivity contribution in [1.82, 2.24) is 10.2 Å². The molecule has 138 valence electrons. The van der Waals surface area contributed by atoms with Crippen LogP contribution >= 0.6 is 11.3 Å². The van der Waals surface area contributed by atoms with E-state index in [-0.39, 0.29) is 11.7 Å². The van der Waals surface area contributed by atoms with Gasteiger partial charge in [0, 0.05) is 18.0 Å². The maximum atomic E-state index is 14.7. The van der Waals surface area contributed by atoms with Gasteiger partial charge < -0.3 is 10.2 Å². The standard InChI is InChI=1S/C21H25FN2OS/c1-14-12-19(26-20(14)21(25)24-10-2-3-11-24)16-4-5-17(18(22)13-16)15-6-8-23-9-7-15/h4-5,12-13,15,23H,2-3,6-11H2,1H3. The highest BCUT2D eigenvalue weighted by Crippen LogP contribution is 2.35. The molecule has 3 heterocycles. The Hall–Kier alpha value is -1.72. The first-order valence-corrected chi connectivity index (χ1v) is 10.4. The van der Waals surface area contributed by atoms with E-state index in [1.54, 1.807) is 6.07 Å². The third kappa shape index (κ3) is 3.42. The van der Waals surface area contributed by atoms with Crippen LogP contribution in [0.5, 0.6) is 0 Å². The molecule has 5 heteroatoms. The smallest absolute Gasteiger partial charge is 0.264 e. The van der Waals surface area contributed by atoms with Crippen LogP contribution in [0.3, 0.4) is 0 Å². The molecule has 0 atom stereocenters. The SMILES string of the molecule is Cc1cc(-c2ccc(C3CCNCC3)c(F)c2)sc1C(=O)N1CCCC1. The summed E-state index contributed by atoms with van der Waals surface area (Å²) in [5.74, 6) is 0.318. The first-order valence-electron chi connectivity index (χ1n) is 9.54. The zero-order valence-corrected chi connectivity index (χ0v) is 16.0. The number of hydrogen-bond acceptors (Lipinski definition) is 3. The van der Waals surface area contributed by atoms with E-state index >= 15 is 0 Å². The Morgan fingerprint density at radius 1 is 1.19 bits per heavy atom. The largest absolute Gasteiger partial charge is 0.338 e. The van der Waals surface area contributed by atoms with Crippen molar-refractivity contribution in [3.8, 4) is 10.4 Å². The summed E-state index contributed by atoms with van der Waals surface area (Å²) in [4.78, 5) is 16.4. The molecule has 2 aliphatic heterocycles. The van der Waals surface area contributed by atoms with Crippen molar-refractivity contribution < 1.29 is 9.18 Å². The summed E-state index contributed by atoms with van der Waals surface area (Å²) in [7, 11) is 0. The average Bonchev–Trinajstić information content (AvgIpc) is 3.32. The molecule has 0 aliphatic carbocycles. The number of amides is 1. The lowest BCUT2D eigenvalue weighted by atomic mass is 9.89. The highest BCUT2D eigenvalue weighted by molar-refractivity contribution is 7.17. The predicted molar refractivity (Wildman–Crippen MR) is 104 cm³/mol. The summed E-state index contributed by atoms with van der Waals surface area (Å²) in [5.41, 5.74) is 2.69. The number of thiophene rings is 1. The minimum atomic E-state index is -0.118. The molecule has 0 spiro atoms. The normalized spacial score (nSPS) is 18.5. The van der Waals surface area contributed by atoms with Gasteiger partial charge in [-0.15, -0.1) is 11.3 Å². The lowest BCUT2D eigenvalue weighted by molar-refractivity contribution is 0.0797. The number of rotatable bonds is 3. The molecule has 1 amide bonds. The van der Waals surface area contributed by atoms with Crippen molar-refractivity contribution in [3.63, 3.8) is 0 Å². The van der Waals surface area contributed by atoms with Crippen molar-refractivity contribution in [2.45, 2.75) is 38.5 Å². The second kappa shape index (κ2) is 7.49. The Kier molecular flexibility index (Phi) is 5.09. The van der Waals surface area contributed by atoms with E-state index in [9.17, 15) is 9.18 Å². The fraction of sp³-hybridized carbons (Fsp3) is 0.476. The molecule has 3 nitrogen and oxygen atoms in total. The number of benzene rings is 1. The van der Waals surface area contributed by atoms with Gasteiger partial charge in [-0.1, -0.05) is 12.1 Å². The van der Waals surface area contributed by atoms with Crippen molar-refractivity contribution in [3.05, 3.63) is 46.1 Å². The number of hydrogen-bond donors (Lipinski definition) is 1. The predicted octanol–water partition coefficient (Wildman–Crippen LogP) is 4.57. The highest BCUT2D eigenvalue weighted by atomic mass is 32.1. The lowest BCUT2D eigenvalue weighted by Crippen LogP contribution is -2.27. The first kappa shape index (κ1) is 17.7. The Morgan fingerprint density at radius 3 is 2.62 bits per heavy atom. The van der Waals surface area contributed by atoms with Gasteiger partial charge in [-0.25, -0.2) is 4.39 Å². The van der Waals surface area contributed by atoms with Gasteiger partial charge in [0.05, 0.1) is 4.88 Å². The fourth-order valence-corrected chi connectivity index (χ4v) is 5.18. The van der Waals surface area contributed by atoms with Crippen LogP contribution in [-0.4, -0.2) is 37.0 Å². The number of aryl methyl sites for hydroxylation is 1. The van der Waals surface area contributed by atoms with Gasteiger partial charge in [-0.05, 0) is 80.4 Å². The van der Waals surface area contributed by atoms with Crippen LogP contribution in [0.4, 0.5) is 4.39 Å². The van der Waals surface area contributed by atoms with Crippen molar-refractivity contribution >= 4 is 17.2 Å². The number of nitrogens with zero attached hydrogens (tertiary/aromatic N) is 1. The zero-order valence-electron chi connectivity index (χ0n) is 15.2. The van der Waals surface area contributed by atoms with E-state index < -0.39 is 0 Å². The number of nitrogens with one attached hydrogen (secondary N) is 1. The van der Waals surface area contributed by atoms with Crippen molar-refractivity contribution in [2.75, 3.05) is 26.2 Å². The molecule has 0 unspecified atom stereocenters. The Labute approximate surface area is 158 Å². The molecule has 2 aliphatic rings. The molecule has 0 radical (unpaired) electrons. The monoisotopic (exact) mass is 372 g/mol. The third-order valence-electron chi connectivity index (χ3n) is 5.57. The molecular formula is C21H25FN2OS. The van der Waals surface area contributed by atoms with Crippen LogP contribution in [0.25, 0.3) is 10.4 Å². The number of piperidine rings is 1. The fourth-order valence-electron chi connectivity index (χ4n) is 4.04. The minimum absolute atomic E-state index is 0.118. The molecule has 1 aromatic heterocycles. The van der Waals surface area contributed by atoms with Gasteiger partial charge in [-0.2, -0.15) is 0 Å². The van der Waals surface area contributed by atoms with Gasteiger partial charge in [0.1, 0.15) is 5.82 Å². The topological polar surface area (TPSA) is 32.3 Å². The van der Waals surface area contributed by atoms with Gasteiger partial charge in [0.25, 0.3) is 5.91 Å². The summed E-state index contributed by atoms with van der Waals surface area (Å²) in [6, 6.07) is 7.62. The maximum absolute atomic E-state index is 14.7. The van der Waals surface area contributed by atoms with E-state index in [1.165, 1.54) is 11.3 Å². The van der Waals surface area contributed by atoms with Crippen LogP contribution in [-0.2, 0) is 0 Å². The molecular weight excluding hydrogens is 347 g/mol.